The Labute approximate surface area is 172 Å². The van der Waals surface area contributed by atoms with Crippen LogP contribution in [0.3, 0.4) is 0 Å². The summed E-state index contributed by atoms with van der Waals surface area (Å²) in [7, 11) is 1.63. The lowest BCUT2D eigenvalue weighted by molar-refractivity contribution is 0.00445. The second kappa shape index (κ2) is 11.8. The molecule has 1 aliphatic rings. The molecule has 0 spiro atoms. The molecule has 1 unspecified atom stereocenters. The van der Waals surface area contributed by atoms with Crippen LogP contribution < -0.4 is 14.8 Å². The normalized spacial score (nSPS) is 15.9. The van der Waals surface area contributed by atoms with Crippen LogP contribution in [0.5, 0.6) is 11.5 Å². The molecule has 0 amide bonds. The lowest BCUT2D eigenvalue weighted by Crippen LogP contribution is -2.42. The van der Waals surface area contributed by atoms with Gasteiger partial charge in [-0.1, -0.05) is 6.07 Å². The lowest BCUT2D eigenvalue weighted by Gasteiger charge is -2.28. The second-order valence-electron chi connectivity index (χ2n) is 7.19. The highest BCUT2D eigenvalue weighted by Gasteiger charge is 2.16. The van der Waals surface area contributed by atoms with Crippen LogP contribution in [-0.4, -0.2) is 78.8 Å². The molecule has 1 atom stereocenters. The van der Waals surface area contributed by atoms with E-state index in [2.05, 4.69) is 19.8 Å². The van der Waals surface area contributed by atoms with Gasteiger partial charge in [-0.15, -0.1) is 0 Å². The van der Waals surface area contributed by atoms with Crippen LogP contribution in [-0.2, 0) is 17.8 Å². The standard InChI is InChI=1S/C21H32N4O4/c1-27-21-13-18(14-22-5-2-7-25-8-6-23-17-25)3-4-20(21)29-16-19(26)15-24-9-11-28-12-10-24/h3-4,6,8,13,17,19,22,26H,2,5,7,9-12,14-16H2,1H3. The number of benzene rings is 1. The summed E-state index contributed by atoms with van der Waals surface area (Å²) in [6.45, 7) is 6.62. The van der Waals surface area contributed by atoms with Crippen molar-refractivity contribution in [3.05, 3.63) is 42.5 Å². The largest absolute Gasteiger partial charge is 0.493 e. The second-order valence-corrected chi connectivity index (χ2v) is 7.19. The Kier molecular flexibility index (Phi) is 8.76. The first-order chi connectivity index (χ1) is 14.2. The van der Waals surface area contributed by atoms with Crippen LogP contribution in [0.4, 0.5) is 0 Å². The Morgan fingerprint density at radius 1 is 1.28 bits per heavy atom. The minimum absolute atomic E-state index is 0.236. The fraction of sp³-hybridized carbons (Fsp3) is 0.571. The zero-order chi connectivity index (χ0) is 20.3. The molecule has 3 rings (SSSR count). The third-order valence-electron chi connectivity index (χ3n) is 4.89. The number of imidazole rings is 1. The number of hydrogen-bond acceptors (Lipinski definition) is 7. The molecule has 8 nitrogen and oxygen atoms in total. The Hall–Kier alpha value is -2.13. The number of rotatable bonds is 12. The van der Waals surface area contributed by atoms with Crippen LogP contribution in [0.25, 0.3) is 0 Å². The van der Waals surface area contributed by atoms with Crippen molar-refractivity contribution in [2.45, 2.75) is 25.6 Å². The summed E-state index contributed by atoms with van der Waals surface area (Å²) in [6, 6.07) is 5.91. The minimum Gasteiger partial charge on any atom is -0.493 e. The quantitative estimate of drug-likeness (QED) is 0.514. The van der Waals surface area contributed by atoms with Gasteiger partial charge in [-0.2, -0.15) is 0 Å². The summed E-state index contributed by atoms with van der Waals surface area (Å²) in [6.07, 6.45) is 6.10. The summed E-state index contributed by atoms with van der Waals surface area (Å²) in [5, 5.41) is 13.7. The maximum Gasteiger partial charge on any atom is 0.161 e. The van der Waals surface area contributed by atoms with Crippen molar-refractivity contribution in [2.75, 3.05) is 53.1 Å². The predicted molar refractivity (Wildman–Crippen MR) is 110 cm³/mol. The smallest absolute Gasteiger partial charge is 0.161 e. The van der Waals surface area contributed by atoms with Gasteiger partial charge in [-0.25, -0.2) is 4.98 Å². The van der Waals surface area contributed by atoms with Gasteiger partial charge in [0.1, 0.15) is 12.7 Å². The monoisotopic (exact) mass is 404 g/mol. The SMILES string of the molecule is COc1cc(CNCCCn2ccnc2)ccc1OCC(O)CN1CCOCC1. The summed E-state index contributed by atoms with van der Waals surface area (Å²) >= 11 is 0. The van der Waals surface area contributed by atoms with E-state index >= 15 is 0 Å². The Morgan fingerprint density at radius 3 is 2.90 bits per heavy atom. The molecule has 29 heavy (non-hydrogen) atoms. The Bertz CT molecular complexity index is 705. The molecule has 0 radical (unpaired) electrons. The molecule has 2 heterocycles. The van der Waals surface area contributed by atoms with E-state index in [4.69, 9.17) is 14.2 Å². The third-order valence-corrected chi connectivity index (χ3v) is 4.89. The Balaban J connectivity index is 1.39. The number of β-amino-alcohol motifs (C(OH)–C–C–N with tert-alkyl or cyclic N) is 1. The summed E-state index contributed by atoms with van der Waals surface area (Å²) in [5.74, 6) is 1.33. The van der Waals surface area contributed by atoms with Crippen LogP contribution >= 0.6 is 0 Å². The van der Waals surface area contributed by atoms with Gasteiger partial charge in [-0.05, 0) is 30.7 Å². The minimum atomic E-state index is -0.547. The number of aromatic nitrogens is 2. The highest BCUT2D eigenvalue weighted by Crippen LogP contribution is 2.28. The van der Waals surface area contributed by atoms with Crippen molar-refractivity contribution in [3.63, 3.8) is 0 Å². The van der Waals surface area contributed by atoms with Crippen molar-refractivity contribution >= 4 is 0 Å². The molecule has 0 bridgehead atoms. The number of hydrogen-bond donors (Lipinski definition) is 2. The van der Waals surface area contributed by atoms with Gasteiger partial charge in [-0.3, -0.25) is 4.90 Å². The molecule has 1 aliphatic heterocycles. The molecular weight excluding hydrogens is 372 g/mol. The average molecular weight is 405 g/mol. The number of aliphatic hydroxyl groups is 1. The summed E-state index contributed by atoms with van der Waals surface area (Å²) < 4.78 is 18.7. The zero-order valence-corrected chi connectivity index (χ0v) is 17.1. The van der Waals surface area contributed by atoms with Crippen LogP contribution in [0.1, 0.15) is 12.0 Å². The molecule has 1 fully saturated rings. The third kappa shape index (κ3) is 7.32. The summed E-state index contributed by atoms with van der Waals surface area (Å²) in [4.78, 5) is 6.24. The van der Waals surface area contributed by atoms with Crippen molar-refractivity contribution in [1.82, 2.24) is 19.8 Å². The van der Waals surface area contributed by atoms with E-state index in [1.165, 1.54) is 0 Å². The summed E-state index contributed by atoms with van der Waals surface area (Å²) in [5.41, 5.74) is 1.13. The molecular formula is C21H32N4O4. The number of methoxy groups -OCH3 is 1. The van der Waals surface area contributed by atoms with E-state index in [-0.39, 0.29) is 6.61 Å². The highest BCUT2D eigenvalue weighted by atomic mass is 16.5. The van der Waals surface area contributed by atoms with Gasteiger partial charge in [0.25, 0.3) is 0 Å². The van der Waals surface area contributed by atoms with E-state index in [9.17, 15) is 5.11 Å². The number of morpholine rings is 1. The highest BCUT2D eigenvalue weighted by molar-refractivity contribution is 5.43. The zero-order valence-electron chi connectivity index (χ0n) is 17.1. The number of ether oxygens (including phenoxy) is 3. The first kappa shape index (κ1) is 21.6. The fourth-order valence-electron chi connectivity index (χ4n) is 3.30. The van der Waals surface area contributed by atoms with Crippen molar-refractivity contribution in [3.8, 4) is 11.5 Å². The van der Waals surface area contributed by atoms with E-state index in [0.29, 0.717) is 18.0 Å². The molecule has 160 valence electrons. The number of aliphatic hydroxyl groups excluding tert-OH is 1. The van der Waals surface area contributed by atoms with Gasteiger partial charge in [0, 0.05) is 45.1 Å². The van der Waals surface area contributed by atoms with Gasteiger partial charge >= 0.3 is 0 Å². The van der Waals surface area contributed by atoms with Crippen LogP contribution in [0, 0.1) is 0 Å². The molecule has 0 aliphatic carbocycles. The van der Waals surface area contributed by atoms with Gasteiger partial charge < -0.3 is 29.2 Å². The van der Waals surface area contributed by atoms with E-state index in [1.807, 2.05) is 30.7 Å². The van der Waals surface area contributed by atoms with E-state index in [1.54, 1.807) is 13.3 Å². The lowest BCUT2D eigenvalue weighted by atomic mass is 10.2. The molecule has 1 aromatic carbocycles. The van der Waals surface area contributed by atoms with E-state index in [0.717, 1.165) is 57.9 Å². The molecule has 0 saturated carbocycles. The molecule has 2 aromatic rings. The molecule has 8 heteroatoms. The van der Waals surface area contributed by atoms with E-state index < -0.39 is 6.10 Å². The number of nitrogens with zero attached hydrogens (tertiary/aromatic N) is 3. The number of nitrogens with one attached hydrogen (secondary N) is 1. The van der Waals surface area contributed by atoms with Gasteiger partial charge in [0.05, 0.1) is 26.7 Å². The van der Waals surface area contributed by atoms with Gasteiger partial charge in [0.2, 0.25) is 0 Å². The van der Waals surface area contributed by atoms with Crippen LogP contribution in [0.15, 0.2) is 36.9 Å². The van der Waals surface area contributed by atoms with Crippen molar-refractivity contribution in [1.29, 1.82) is 0 Å². The van der Waals surface area contributed by atoms with Crippen LogP contribution in [0.2, 0.25) is 0 Å². The van der Waals surface area contributed by atoms with Gasteiger partial charge in [0.15, 0.2) is 11.5 Å². The Morgan fingerprint density at radius 2 is 2.14 bits per heavy atom. The molecule has 2 N–H and O–H groups in total. The fourth-order valence-corrected chi connectivity index (χ4v) is 3.30. The number of aryl methyl sites for hydroxylation is 1. The maximum atomic E-state index is 10.3. The molecule has 1 aromatic heterocycles. The predicted octanol–water partition coefficient (Wildman–Crippen LogP) is 1.14. The average Bonchev–Trinajstić information content (AvgIpc) is 3.26. The maximum absolute atomic E-state index is 10.3. The van der Waals surface area contributed by atoms with Crippen molar-refractivity contribution < 1.29 is 19.3 Å². The first-order valence-electron chi connectivity index (χ1n) is 10.2. The topological polar surface area (TPSA) is 81.0 Å². The van der Waals surface area contributed by atoms with Crippen molar-refractivity contribution in [2.24, 2.45) is 0 Å². The molecule has 1 saturated heterocycles. The first-order valence-corrected chi connectivity index (χ1v) is 10.2.